The molecular weight excluding hydrogens is 396 g/mol. The SMILES string of the molecule is C#CCOCCOCCOCCOCCOCCOCCOCCCC(OC)OC. The molecule has 0 aromatic carbocycles. The van der Waals surface area contributed by atoms with Gasteiger partial charge in [-0.2, -0.15) is 0 Å². The van der Waals surface area contributed by atoms with Gasteiger partial charge in [-0.15, -0.1) is 6.42 Å². The summed E-state index contributed by atoms with van der Waals surface area (Å²) in [4.78, 5) is 0. The van der Waals surface area contributed by atoms with Gasteiger partial charge in [-0.1, -0.05) is 5.92 Å². The van der Waals surface area contributed by atoms with E-state index in [4.69, 9.17) is 49.1 Å². The molecule has 0 fully saturated rings. The molecule has 0 radical (unpaired) electrons. The van der Waals surface area contributed by atoms with Crippen LogP contribution in [-0.2, 0) is 42.6 Å². The highest BCUT2D eigenvalue weighted by Crippen LogP contribution is 2.01. The molecule has 0 rings (SSSR count). The molecular formula is C21H40O9. The van der Waals surface area contributed by atoms with E-state index < -0.39 is 0 Å². The van der Waals surface area contributed by atoms with Crippen LogP contribution in [0.5, 0.6) is 0 Å². The van der Waals surface area contributed by atoms with Crippen molar-refractivity contribution >= 4 is 0 Å². The van der Waals surface area contributed by atoms with Crippen LogP contribution in [0.2, 0.25) is 0 Å². The van der Waals surface area contributed by atoms with Crippen LogP contribution in [0.25, 0.3) is 0 Å². The van der Waals surface area contributed by atoms with Crippen molar-refractivity contribution in [1.29, 1.82) is 0 Å². The molecule has 0 bridgehead atoms. The zero-order chi connectivity index (χ0) is 22.0. The number of methoxy groups -OCH3 is 2. The van der Waals surface area contributed by atoms with Crippen molar-refractivity contribution in [3.63, 3.8) is 0 Å². The third-order valence-electron chi connectivity index (χ3n) is 3.67. The van der Waals surface area contributed by atoms with Gasteiger partial charge in [0, 0.05) is 27.2 Å². The highest BCUT2D eigenvalue weighted by molar-refractivity contribution is 4.82. The second-order valence-electron chi connectivity index (χ2n) is 5.97. The minimum atomic E-state index is -0.158. The lowest BCUT2D eigenvalue weighted by Crippen LogP contribution is -2.15. The van der Waals surface area contributed by atoms with Gasteiger partial charge in [-0.3, -0.25) is 0 Å². The third kappa shape index (κ3) is 23.5. The van der Waals surface area contributed by atoms with Gasteiger partial charge in [-0.05, 0) is 6.42 Å². The number of hydrogen-bond donors (Lipinski definition) is 0. The maximum atomic E-state index is 5.48. The summed E-state index contributed by atoms with van der Waals surface area (Å²) in [5.41, 5.74) is 0. The van der Waals surface area contributed by atoms with E-state index in [0.717, 1.165) is 12.8 Å². The molecule has 0 aliphatic rings. The quantitative estimate of drug-likeness (QED) is 0.119. The van der Waals surface area contributed by atoms with Gasteiger partial charge < -0.3 is 42.6 Å². The summed E-state index contributed by atoms with van der Waals surface area (Å²) in [5, 5.41) is 0. The second-order valence-corrected chi connectivity index (χ2v) is 5.97. The largest absolute Gasteiger partial charge is 0.379 e. The monoisotopic (exact) mass is 436 g/mol. The highest BCUT2D eigenvalue weighted by atomic mass is 16.7. The van der Waals surface area contributed by atoms with Crippen LogP contribution in [0, 0.1) is 12.3 Å². The summed E-state index contributed by atoms with van der Waals surface area (Å²) in [5.74, 6) is 2.39. The van der Waals surface area contributed by atoms with E-state index in [1.54, 1.807) is 14.2 Å². The molecule has 9 nitrogen and oxygen atoms in total. The average Bonchev–Trinajstić information content (AvgIpc) is 2.77. The van der Waals surface area contributed by atoms with E-state index in [1.165, 1.54) is 0 Å². The summed E-state index contributed by atoms with van der Waals surface area (Å²) in [6.07, 6.45) is 6.60. The Kier molecular flexibility index (Phi) is 25.5. The first-order valence-electron chi connectivity index (χ1n) is 10.4. The number of rotatable bonds is 25. The van der Waals surface area contributed by atoms with Crippen LogP contribution >= 0.6 is 0 Å². The minimum Gasteiger partial charge on any atom is -0.379 e. The summed E-state index contributed by atoms with van der Waals surface area (Å²) in [6.45, 7) is 7.34. The Morgan fingerprint density at radius 1 is 0.533 bits per heavy atom. The lowest BCUT2D eigenvalue weighted by atomic mass is 10.3. The van der Waals surface area contributed by atoms with Crippen molar-refractivity contribution in [1.82, 2.24) is 0 Å². The van der Waals surface area contributed by atoms with Crippen LogP contribution < -0.4 is 0 Å². The molecule has 0 spiro atoms. The fourth-order valence-corrected chi connectivity index (χ4v) is 2.13. The van der Waals surface area contributed by atoms with E-state index in [2.05, 4.69) is 5.92 Å². The molecule has 0 saturated carbocycles. The van der Waals surface area contributed by atoms with Crippen LogP contribution in [0.15, 0.2) is 0 Å². The van der Waals surface area contributed by atoms with Gasteiger partial charge in [0.2, 0.25) is 0 Å². The summed E-state index contributed by atoms with van der Waals surface area (Å²) in [6, 6.07) is 0. The van der Waals surface area contributed by atoms with Gasteiger partial charge in [-0.25, -0.2) is 0 Å². The Labute approximate surface area is 181 Å². The molecule has 0 aliphatic carbocycles. The number of hydrogen-bond acceptors (Lipinski definition) is 9. The van der Waals surface area contributed by atoms with Crippen LogP contribution in [0.1, 0.15) is 12.8 Å². The van der Waals surface area contributed by atoms with E-state index in [0.29, 0.717) is 92.5 Å². The molecule has 0 atom stereocenters. The molecule has 0 amide bonds. The van der Waals surface area contributed by atoms with Gasteiger partial charge in [0.25, 0.3) is 0 Å². The fourth-order valence-electron chi connectivity index (χ4n) is 2.13. The molecule has 30 heavy (non-hydrogen) atoms. The first-order chi connectivity index (χ1) is 14.8. The Morgan fingerprint density at radius 2 is 0.867 bits per heavy atom. The minimum absolute atomic E-state index is 0.158. The van der Waals surface area contributed by atoms with Gasteiger partial charge in [0.15, 0.2) is 6.29 Å². The Hall–Kier alpha value is -0.800. The van der Waals surface area contributed by atoms with Crippen molar-refractivity contribution in [2.24, 2.45) is 0 Å². The second kappa shape index (κ2) is 26.2. The van der Waals surface area contributed by atoms with Gasteiger partial charge in [0.1, 0.15) is 6.61 Å². The normalized spacial score (nSPS) is 11.3. The van der Waals surface area contributed by atoms with Crippen LogP contribution in [0.4, 0.5) is 0 Å². The van der Waals surface area contributed by atoms with E-state index in [9.17, 15) is 0 Å². The maximum Gasteiger partial charge on any atom is 0.156 e. The lowest BCUT2D eigenvalue weighted by molar-refractivity contribution is -0.109. The van der Waals surface area contributed by atoms with Crippen molar-refractivity contribution in [2.75, 3.05) is 107 Å². The first-order valence-corrected chi connectivity index (χ1v) is 10.4. The Morgan fingerprint density at radius 3 is 1.20 bits per heavy atom. The van der Waals surface area contributed by atoms with E-state index >= 15 is 0 Å². The molecule has 0 saturated heterocycles. The van der Waals surface area contributed by atoms with Crippen molar-refractivity contribution in [2.45, 2.75) is 19.1 Å². The molecule has 178 valence electrons. The van der Waals surface area contributed by atoms with Crippen molar-refractivity contribution in [3.05, 3.63) is 0 Å². The van der Waals surface area contributed by atoms with Gasteiger partial charge >= 0.3 is 0 Å². The third-order valence-corrected chi connectivity index (χ3v) is 3.67. The smallest absolute Gasteiger partial charge is 0.156 e. The van der Waals surface area contributed by atoms with E-state index in [1.807, 2.05) is 0 Å². The number of ether oxygens (including phenoxy) is 9. The fraction of sp³-hybridized carbons (Fsp3) is 0.905. The van der Waals surface area contributed by atoms with Crippen LogP contribution in [-0.4, -0.2) is 113 Å². The van der Waals surface area contributed by atoms with Crippen molar-refractivity contribution in [3.8, 4) is 12.3 Å². The lowest BCUT2D eigenvalue weighted by Gasteiger charge is -2.12. The molecule has 9 heteroatoms. The molecule has 0 aromatic heterocycles. The molecule has 0 heterocycles. The zero-order valence-electron chi connectivity index (χ0n) is 18.6. The summed E-state index contributed by atoms with van der Waals surface area (Å²) >= 11 is 0. The molecule has 0 unspecified atom stereocenters. The maximum absolute atomic E-state index is 5.48. The van der Waals surface area contributed by atoms with Gasteiger partial charge in [0.05, 0.1) is 79.3 Å². The Bertz CT molecular complexity index is 359. The molecule has 0 aliphatic heterocycles. The summed E-state index contributed by atoms with van der Waals surface area (Å²) < 4.78 is 47.7. The highest BCUT2D eigenvalue weighted by Gasteiger charge is 2.03. The molecule has 0 N–H and O–H groups in total. The van der Waals surface area contributed by atoms with E-state index in [-0.39, 0.29) is 6.29 Å². The first kappa shape index (κ1) is 29.2. The summed E-state index contributed by atoms with van der Waals surface area (Å²) in [7, 11) is 3.26. The van der Waals surface area contributed by atoms with Crippen molar-refractivity contribution < 1.29 is 42.6 Å². The molecule has 0 aromatic rings. The zero-order valence-corrected chi connectivity index (χ0v) is 18.6. The predicted octanol–water partition coefficient (Wildman–Crippen LogP) is 1.13. The topological polar surface area (TPSA) is 83.1 Å². The standard InChI is InChI=1S/C21H40O9/c1-4-7-24-9-11-26-13-15-28-17-19-30-20-18-29-16-14-27-12-10-25-8-5-6-21(22-2)23-3/h1,21H,5-20H2,2-3H3. The van der Waals surface area contributed by atoms with Crippen LogP contribution in [0.3, 0.4) is 0 Å². The Balaban J connectivity index is 3.04. The predicted molar refractivity (Wildman–Crippen MR) is 112 cm³/mol. The number of terminal acetylenes is 1. The average molecular weight is 437 g/mol.